The molecule has 0 unspecified atom stereocenters. The average Bonchev–Trinajstić information content (AvgIpc) is 3.24. The van der Waals surface area contributed by atoms with Gasteiger partial charge in [0.05, 0.1) is 26.0 Å². The van der Waals surface area contributed by atoms with Crippen molar-refractivity contribution in [2.75, 3.05) is 14.2 Å². The monoisotopic (exact) mass is 498 g/mol. The van der Waals surface area contributed by atoms with Gasteiger partial charge < -0.3 is 14.2 Å². The molecule has 5 nitrogen and oxygen atoms in total. The van der Waals surface area contributed by atoms with E-state index in [2.05, 4.69) is 22.0 Å². The van der Waals surface area contributed by atoms with E-state index in [0.29, 0.717) is 16.5 Å². The summed E-state index contributed by atoms with van der Waals surface area (Å²) >= 11 is 9.68. The maximum Gasteiger partial charge on any atom is 0.214 e. The molecule has 0 saturated carbocycles. The van der Waals surface area contributed by atoms with Gasteiger partial charge in [0.2, 0.25) is 6.23 Å². The summed E-state index contributed by atoms with van der Waals surface area (Å²) in [6, 6.07) is 19.8. The molecule has 2 aliphatic rings. The van der Waals surface area contributed by atoms with Crippen LogP contribution in [0, 0.1) is 0 Å². The van der Waals surface area contributed by atoms with Crippen LogP contribution in [0.4, 0.5) is 0 Å². The third-order valence-corrected chi connectivity index (χ3v) is 6.37. The minimum Gasteiger partial charge on any atom is -0.493 e. The fourth-order valence-electron chi connectivity index (χ4n) is 4.10. The first kappa shape index (κ1) is 20.2. The molecule has 7 heteroatoms. The zero-order valence-electron chi connectivity index (χ0n) is 17.0. The second kappa shape index (κ2) is 8.09. The van der Waals surface area contributed by atoms with Gasteiger partial charge in [-0.25, -0.2) is 5.01 Å². The highest BCUT2D eigenvalue weighted by Gasteiger charge is 2.41. The van der Waals surface area contributed by atoms with Crippen LogP contribution in [0.5, 0.6) is 17.2 Å². The second-order valence-corrected chi connectivity index (χ2v) is 8.77. The van der Waals surface area contributed by atoms with Crippen molar-refractivity contribution in [3.8, 4) is 17.2 Å². The number of hydrogen-bond donors (Lipinski definition) is 0. The lowest BCUT2D eigenvalue weighted by atomic mass is 9.96. The second-order valence-electron chi connectivity index (χ2n) is 7.42. The molecule has 0 aromatic heterocycles. The molecule has 0 N–H and O–H groups in total. The van der Waals surface area contributed by atoms with Crippen LogP contribution in [0.15, 0.2) is 70.2 Å². The van der Waals surface area contributed by atoms with Gasteiger partial charge in [0, 0.05) is 27.0 Å². The Morgan fingerprint density at radius 2 is 1.77 bits per heavy atom. The zero-order valence-corrected chi connectivity index (χ0v) is 19.4. The molecule has 5 rings (SSSR count). The van der Waals surface area contributed by atoms with E-state index in [4.69, 9.17) is 30.9 Å². The number of methoxy groups -OCH3 is 2. The molecule has 0 amide bonds. The first-order valence-electron chi connectivity index (χ1n) is 9.87. The fourth-order valence-corrected chi connectivity index (χ4v) is 4.61. The molecule has 0 spiro atoms. The Morgan fingerprint density at radius 3 is 2.52 bits per heavy atom. The van der Waals surface area contributed by atoms with E-state index < -0.39 is 0 Å². The Kier molecular flexibility index (Phi) is 5.28. The molecule has 0 bridgehead atoms. The van der Waals surface area contributed by atoms with E-state index >= 15 is 0 Å². The number of nitrogens with zero attached hydrogens (tertiary/aromatic N) is 2. The Bertz CT molecular complexity index is 1170. The van der Waals surface area contributed by atoms with Crippen LogP contribution < -0.4 is 14.2 Å². The van der Waals surface area contributed by atoms with Crippen molar-refractivity contribution < 1.29 is 14.2 Å². The third kappa shape index (κ3) is 3.64. The molecule has 31 heavy (non-hydrogen) atoms. The minimum absolute atomic E-state index is 0.0602. The largest absolute Gasteiger partial charge is 0.493 e. The lowest BCUT2D eigenvalue weighted by molar-refractivity contribution is -0.0192. The predicted octanol–water partition coefficient (Wildman–Crippen LogP) is 6.36. The maximum absolute atomic E-state index is 6.44. The highest BCUT2D eigenvalue weighted by atomic mass is 79.9. The first-order chi connectivity index (χ1) is 15.1. The summed E-state index contributed by atoms with van der Waals surface area (Å²) in [6.45, 7) is 0. The quantitative estimate of drug-likeness (QED) is 0.419. The Hall–Kier alpha value is -2.70. The molecule has 2 atom stereocenters. The van der Waals surface area contributed by atoms with Gasteiger partial charge in [0.25, 0.3) is 0 Å². The van der Waals surface area contributed by atoms with Crippen molar-refractivity contribution in [3.05, 3.63) is 86.8 Å². The van der Waals surface area contributed by atoms with Gasteiger partial charge in [-0.3, -0.25) is 0 Å². The smallest absolute Gasteiger partial charge is 0.214 e. The highest BCUT2D eigenvalue weighted by molar-refractivity contribution is 9.10. The van der Waals surface area contributed by atoms with Crippen molar-refractivity contribution in [1.82, 2.24) is 5.01 Å². The SMILES string of the molecule is COc1ccc([C@H]2Oc3ccc(Br)cc3[C@H]3CC(c4ccc(Cl)cc4)=NN32)cc1OC. The van der Waals surface area contributed by atoms with Gasteiger partial charge in [0.15, 0.2) is 11.5 Å². The maximum atomic E-state index is 6.44. The molecule has 2 heterocycles. The molecule has 158 valence electrons. The lowest BCUT2D eigenvalue weighted by Gasteiger charge is -2.38. The summed E-state index contributed by atoms with van der Waals surface area (Å²) in [5.74, 6) is 2.19. The number of benzene rings is 3. The van der Waals surface area contributed by atoms with Gasteiger partial charge in [0.1, 0.15) is 5.75 Å². The molecule has 0 saturated heterocycles. The zero-order chi connectivity index (χ0) is 21.5. The van der Waals surface area contributed by atoms with Crippen molar-refractivity contribution in [2.24, 2.45) is 5.10 Å². The van der Waals surface area contributed by atoms with Crippen LogP contribution in [0.2, 0.25) is 5.02 Å². The van der Waals surface area contributed by atoms with Crippen molar-refractivity contribution >= 4 is 33.2 Å². The van der Waals surface area contributed by atoms with Crippen LogP contribution in [0.1, 0.15) is 35.4 Å². The van der Waals surface area contributed by atoms with Crippen LogP contribution in [0.3, 0.4) is 0 Å². The number of rotatable bonds is 4. The Morgan fingerprint density at radius 1 is 1.00 bits per heavy atom. The van der Waals surface area contributed by atoms with Crippen LogP contribution in [-0.2, 0) is 0 Å². The van der Waals surface area contributed by atoms with E-state index in [9.17, 15) is 0 Å². The minimum atomic E-state index is -0.386. The lowest BCUT2D eigenvalue weighted by Crippen LogP contribution is -2.33. The number of ether oxygens (including phenoxy) is 3. The molecule has 3 aromatic carbocycles. The van der Waals surface area contributed by atoms with Crippen LogP contribution in [0.25, 0.3) is 0 Å². The molecular formula is C24H20BrClN2O3. The topological polar surface area (TPSA) is 43.3 Å². The predicted molar refractivity (Wildman–Crippen MR) is 124 cm³/mol. The Balaban J connectivity index is 1.60. The first-order valence-corrected chi connectivity index (χ1v) is 11.0. The Labute approximate surface area is 194 Å². The van der Waals surface area contributed by atoms with Gasteiger partial charge in [-0.05, 0) is 54.1 Å². The summed E-state index contributed by atoms with van der Waals surface area (Å²) in [5.41, 5.74) is 4.11. The molecular weight excluding hydrogens is 480 g/mol. The van der Waals surface area contributed by atoms with Gasteiger partial charge >= 0.3 is 0 Å². The van der Waals surface area contributed by atoms with Crippen LogP contribution in [-0.4, -0.2) is 24.9 Å². The highest BCUT2D eigenvalue weighted by Crippen LogP contribution is 2.49. The van der Waals surface area contributed by atoms with Crippen molar-refractivity contribution in [3.63, 3.8) is 0 Å². The number of hydrazone groups is 1. The standard InChI is InChI=1S/C24H20BrClN2O3/c1-29-22-9-5-15(11-23(22)30-2)24-28-20(18-12-16(25)6-10-21(18)31-24)13-19(27-28)14-3-7-17(26)8-4-14/h3-12,20,24H,13H2,1-2H3/t20-,24-/m1/s1. The summed E-state index contributed by atoms with van der Waals surface area (Å²) in [6.07, 6.45) is 0.390. The fraction of sp³-hybridized carbons (Fsp3) is 0.208. The number of hydrogen-bond acceptors (Lipinski definition) is 5. The molecule has 3 aromatic rings. The summed E-state index contributed by atoms with van der Waals surface area (Å²) < 4.78 is 18.4. The number of halogens is 2. The summed E-state index contributed by atoms with van der Waals surface area (Å²) in [5, 5.41) is 7.74. The third-order valence-electron chi connectivity index (χ3n) is 5.62. The van der Waals surface area contributed by atoms with E-state index in [-0.39, 0.29) is 12.3 Å². The van der Waals surface area contributed by atoms with E-state index in [1.165, 1.54) is 0 Å². The van der Waals surface area contributed by atoms with Gasteiger partial charge in [-0.2, -0.15) is 5.10 Å². The average molecular weight is 500 g/mol. The summed E-state index contributed by atoms with van der Waals surface area (Å²) in [4.78, 5) is 0. The molecule has 0 radical (unpaired) electrons. The van der Waals surface area contributed by atoms with Crippen LogP contribution >= 0.6 is 27.5 Å². The van der Waals surface area contributed by atoms with E-state index in [1.807, 2.05) is 59.6 Å². The summed E-state index contributed by atoms with van der Waals surface area (Å²) in [7, 11) is 3.26. The van der Waals surface area contributed by atoms with Crippen molar-refractivity contribution in [1.29, 1.82) is 0 Å². The molecule has 0 aliphatic carbocycles. The van der Waals surface area contributed by atoms with Gasteiger partial charge in [-0.15, -0.1) is 0 Å². The van der Waals surface area contributed by atoms with E-state index in [0.717, 1.165) is 39.0 Å². The number of fused-ring (bicyclic) bond motifs is 3. The van der Waals surface area contributed by atoms with Crippen molar-refractivity contribution in [2.45, 2.75) is 18.7 Å². The van der Waals surface area contributed by atoms with Gasteiger partial charge in [-0.1, -0.05) is 39.7 Å². The van der Waals surface area contributed by atoms with E-state index in [1.54, 1.807) is 14.2 Å². The normalized spacial score (nSPS) is 19.2. The molecule has 0 fully saturated rings. The molecule has 2 aliphatic heterocycles.